The average Bonchev–Trinajstić information content (AvgIpc) is 2.46. The van der Waals surface area contributed by atoms with Gasteiger partial charge in [0.25, 0.3) is 0 Å². The first-order valence-corrected chi connectivity index (χ1v) is 7.42. The van der Waals surface area contributed by atoms with Gasteiger partial charge in [0.15, 0.2) is 5.84 Å². The summed E-state index contributed by atoms with van der Waals surface area (Å²) >= 11 is 0. The maximum Gasteiger partial charge on any atom is 0.225 e. The Kier molecular flexibility index (Phi) is 6.26. The molecule has 0 spiro atoms. The van der Waals surface area contributed by atoms with Crippen molar-refractivity contribution < 1.29 is 10.0 Å². The lowest BCUT2D eigenvalue weighted by atomic mass is 9.96. The highest BCUT2D eigenvalue weighted by molar-refractivity contribution is 5.85. The summed E-state index contributed by atoms with van der Waals surface area (Å²) < 4.78 is 0. The van der Waals surface area contributed by atoms with Crippen LogP contribution in [0.1, 0.15) is 34.1 Å². The molecule has 116 valence electrons. The maximum atomic E-state index is 12.3. The minimum absolute atomic E-state index is 0.0419. The molecular weight excluding hydrogens is 256 g/mol. The first kappa shape index (κ1) is 16.8. The van der Waals surface area contributed by atoms with Crippen LogP contribution in [0.15, 0.2) is 5.16 Å². The molecule has 6 nitrogen and oxygen atoms in total. The Balaban J connectivity index is 2.57. The fourth-order valence-electron chi connectivity index (χ4n) is 2.55. The zero-order chi connectivity index (χ0) is 15.3. The summed E-state index contributed by atoms with van der Waals surface area (Å²) in [5, 5.41) is 11.9. The van der Waals surface area contributed by atoms with E-state index in [0.29, 0.717) is 19.0 Å². The molecule has 0 aromatic carbocycles. The van der Waals surface area contributed by atoms with E-state index in [1.54, 1.807) is 0 Å². The third-order valence-corrected chi connectivity index (χ3v) is 4.30. The fraction of sp³-hybridized carbons (Fsp3) is 0.857. The van der Waals surface area contributed by atoms with Crippen molar-refractivity contribution in [3.05, 3.63) is 0 Å². The van der Waals surface area contributed by atoms with Crippen LogP contribution in [0.5, 0.6) is 0 Å². The van der Waals surface area contributed by atoms with E-state index in [1.165, 1.54) is 0 Å². The largest absolute Gasteiger partial charge is 0.409 e. The number of hydrogen-bond donors (Lipinski definition) is 2. The molecule has 3 N–H and O–H groups in total. The summed E-state index contributed by atoms with van der Waals surface area (Å²) in [4.78, 5) is 16.4. The van der Waals surface area contributed by atoms with E-state index in [4.69, 9.17) is 10.9 Å². The van der Waals surface area contributed by atoms with Crippen molar-refractivity contribution in [3.63, 3.8) is 0 Å². The number of amides is 1. The van der Waals surface area contributed by atoms with Gasteiger partial charge in [-0.2, -0.15) is 0 Å². The molecule has 1 aliphatic heterocycles. The van der Waals surface area contributed by atoms with E-state index in [1.807, 2.05) is 18.7 Å². The standard InChI is InChI=1S/C14H28N4O2/c1-5-12(13(15)16-20)17-6-8-18(9-7-17)14(19)11(4)10(2)3/h10-12,20H,5-9H2,1-4H3,(H2,15,16). The molecular formula is C14H28N4O2. The van der Waals surface area contributed by atoms with E-state index in [9.17, 15) is 4.79 Å². The Morgan fingerprint density at radius 3 is 2.20 bits per heavy atom. The number of rotatable bonds is 5. The van der Waals surface area contributed by atoms with Gasteiger partial charge in [0, 0.05) is 32.1 Å². The van der Waals surface area contributed by atoms with Crippen molar-refractivity contribution in [1.29, 1.82) is 0 Å². The monoisotopic (exact) mass is 284 g/mol. The number of amidine groups is 1. The first-order chi connectivity index (χ1) is 9.42. The summed E-state index contributed by atoms with van der Waals surface area (Å²) in [5.74, 6) is 0.910. The van der Waals surface area contributed by atoms with Crippen molar-refractivity contribution in [2.45, 2.75) is 40.2 Å². The first-order valence-electron chi connectivity index (χ1n) is 7.42. The van der Waals surface area contributed by atoms with Gasteiger partial charge >= 0.3 is 0 Å². The Morgan fingerprint density at radius 1 is 1.25 bits per heavy atom. The van der Waals surface area contributed by atoms with Gasteiger partial charge in [0.05, 0.1) is 6.04 Å². The predicted molar refractivity (Wildman–Crippen MR) is 79.6 cm³/mol. The zero-order valence-corrected chi connectivity index (χ0v) is 13.0. The van der Waals surface area contributed by atoms with Crippen molar-refractivity contribution in [3.8, 4) is 0 Å². The number of piperazine rings is 1. The molecule has 0 aliphatic carbocycles. The summed E-state index contributed by atoms with van der Waals surface area (Å²) in [6, 6.07) is -0.0419. The van der Waals surface area contributed by atoms with E-state index < -0.39 is 0 Å². The highest BCUT2D eigenvalue weighted by Gasteiger charge is 2.29. The second-order valence-electron chi connectivity index (χ2n) is 5.84. The fourth-order valence-corrected chi connectivity index (χ4v) is 2.55. The van der Waals surface area contributed by atoms with Gasteiger partial charge < -0.3 is 15.8 Å². The second kappa shape index (κ2) is 7.47. The van der Waals surface area contributed by atoms with Crippen molar-refractivity contribution in [1.82, 2.24) is 9.80 Å². The zero-order valence-electron chi connectivity index (χ0n) is 13.0. The lowest BCUT2D eigenvalue weighted by molar-refractivity contribution is -0.138. The smallest absolute Gasteiger partial charge is 0.225 e. The third-order valence-electron chi connectivity index (χ3n) is 4.30. The Morgan fingerprint density at radius 2 is 1.80 bits per heavy atom. The maximum absolute atomic E-state index is 12.3. The number of nitrogens with two attached hydrogens (primary N) is 1. The summed E-state index contributed by atoms with van der Waals surface area (Å²) in [6.07, 6.45) is 0.798. The highest BCUT2D eigenvalue weighted by atomic mass is 16.4. The van der Waals surface area contributed by atoms with Crippen LogP contribution >= 0.6 is 0 Å². The van der Waals surface area contributed by atoms with Crippen molar-refractivity contribution in [2.75, 3.05) is 26.2 Å². The molecule has 1 saturated heterocycles. The normalized spacial score (nSPS) is 21.1. The van der Waals surface area contributed by atoms with Gasteiger partial charge in [0.1, 0.15) is 0 Å². The number of hydrogen-bond acceptors (Lipinski definition) is 4. The SMILES string of the molecule is CCC(C(N)=NO)N1CCN(C(=O)C(C)C(C)C)CC1. The van der Waals surface area contributed by atoms with Gasteiger partial charge in [-0.15, -0.1) is 0 Å². The van der Waals surface area contributed by atoms with Crippen LogP contribution in [-0.2, 0) is 4.79 Å². The molecule has 0 saturated carbocycles. The molecule has 20 heavy (non-hydrogen) atoms. The second-order valence-corrected chi connectivity index (χ2v) is 5.84. The summed E-state index contributed by atoms with van der Waals surface area (Å²) in [7, 11) is 0. The predicted octanol–water partition coefficient (Wildman–Crippen LogP) is 0.948. The minimum Gasteiger partial charge on any atom is -0.409 e. The van der Waals surface area contributed by atoms with Gasteiger partial charge in [0.2, 0.25) is 5.91 Å². The molecule has 0 aromatic heterocycles. The van der Waals surface area contributed by atoms with Crippen molar-refractivity contribution in [2.24, 2.45) is 22.7 Å². The molecule has 1 heterocycles. The van der Waals surface area contributed by atoms with Crippen LogP contribution in [0.4, 0.5) is 0 Å². The van der Waals surface area contributed by atoms with Crippen molar-refractivity contribution >= 4 is 11.7 Å². The van der Waals surface area contributed by atoms with E-state index in [2.05, 4.69) is 23.9 Å². The Hall–Kier alpha value is -1.30. The molecule has 0 bridgehead atoms. The number of oxime groups is 1. The molecule has 1 amide bonds. The highest BCUT2D eigenvalue weighted by Crippen LogP contribution is 2.16. The number of carbonyl (C=O) groups is 1. The van der Waals surface area contributed by atoms with Gasteiger partial charge in [-0.1, -0.05) is 32.9 Å². The lowest BCUT2D eigenvalue weighted by Gasteiger charge is -2.39. The average molecular weight is 284 g/mol. The van der Waals surface area contributed by atoms with Crippen LogP contribution in [0.3, 0.4) is 0 Å². The molecule has 0 radical (unpaired) electrons. The molecule has 1 rings (SSSR count). The van der Waals surface area contributed by atoms with Crippen LogP contribution in [0.2, 0.25) is 0 Å². The van der Waals surface area contributed by atoms with Gasteiger partial charge in [-0.05, 0) is 12.3 Å². The Bertz CT molecular complexity index is 349. The molecule has 1 fully saturated rings. The summed E-state index contributed by atoms with van der Waals surface area (Å²) in [5.41, 5.74) is 5.72. The molecule has 0 aromatic rings. The van der Waals surface area contributed by atoms with E-state index >= 15 is 0 Å². The Labute approximate surface area is 121 Å². The lowest BCUT2D eigenvalue weighted by Crippen LogP contribution is -2.56. The topological polar surface area (TPSA) is 82.2 Å². The van der Waals surface area contributed by atoms with Crippen LogP contribution < -0.4 is 5.73 Å². The van der Waals surface area contributed by atoms with Crippen LogP contribution in [-0.4, -0.2) is 59.0 Å². The number of carbonyl (C=O) groups excluding carboxylic acids is 1. The number of nitrogens with zero attached hydrogens (tertiary/aromatic N) is 3. The quantitative estimate of drug-likeness (QED) is 0.341. The van der Waals surface area contributed by atoms with Crippen LogP contribution in [0.25, 0.3) is 0 Å². The van der Waals surface area contributed by atoms with Gasteiger partial charge in [-0.3, -0.25) is 9.69 Å². The van der Waals surface area contributed by atoms with Crippen LogP contribution in [0, 0.1) is 11.8 Å². The third kappa shape index (κ3) is 3.85. The summed E-state index contributed by atoms with van der Waals surface area (Å²) in [6.45, 7) is 11.1. The molecule has 2 atom stereocenters. The van der Waals surface area contributed by atoms with E-state index in [0.717, 1.165) is 19.5 Å². The molecule has 6 heteroatoms. The molecule has 1 aliphatic rings. The minimum atomic E-state index is -0.0419. The molecule has 2 unspecified atom stereocenters. The van der Waals surface area contributed by atoms with Gasteiger partial charge in [-0.25, -0.2) is 0 Å². The van der Waals surface area contributed by atoms with E-state index in [-0.39, 0.29) is 23.7 Å².